The molecule has 0 saturated carbocycles. The van der Waals surface area contributed by atoms with E-state index in [0.717, 1.165) is 35.0 Å². The van der Waals surface area contributed by atoms with Crippen LogP contribution in [0.1, 0.15) is 11.1 Å². The van der Waals surface area contributed by atoms with Gasteiger partial charge in [-0.05, 0) is 63.5 Å². The lowest BCUT2D eigenvalue weighted by Gasteiger charge is -2.24. The molecule has 0 aliphatic heterocycles. The smallest absolute Gasteiger partial charge is 0.130 e. The SMILES string of the molecule is COc1ccc(CN(Cc2ccc(OC)cc2)c2cccc(Br)n2)cc1. The summed E-state index contributed by atoms with van der Waals surface area (Å²) in [6.07, 6.45) is 0. The lowest BCUT2D eigenvalue weighted by molar-refractivity contribution is 0.414. The molecule has 0 unspecified atom stereocenters. The number of methoxy groups -OCH3 is 2. The number of hydrogen-bond acceptors (Lipinski definition) is 4. The summed E-state index contributed by atoms with van der Waals surface area (Å²) in [5.41, 5.74) is 2.39. The number of ether oxygens (including phenoxy) is 2. The highest BCUT2D eigenvalue weighted by atomic mass is 79.9. The summed E-state index contributed by atoms with van der Waals surface area (Å²) >= 11 is 3.47. The Hall–Kier alpha value is -2.53. The molecule has 1 heterocycles. The number of pyridine rings is 1. The lowest BCUT2D eigenvalue weighted by Crippen LogP contribution is -2.23. The van der Waals surface area contributed by atoms with Crippen molar-refractivity contribution < 1.29 is 9.47 Å². The van der Waals surface area contributed by atoms with Gasteiger partial charge >= 0.3 is 0 Å². The van der Waals surface area contributed by atoms with Gasteiger partial charge < -0.3 is 14.4 Å². The molecule has 0 saturated heterocycles. The van der Waals surface area contributed by atoms with E-state index in [9.17, 15) is 0 Å². The maximum Gasteiger partial charge on any atom is 0.130 e. The third-order valence-electron chi connectivity index (χ3n) is 4.09. The molecule has 0 spiro atoms. The highest BCUT2D eigenvalue weighted by Crippen LogP contribution is 2.22. The quantitative estimate of drug-likeness (QED) is 0.507. The molecule has 0 amide bonds. The van der Waals surface area contributed by atoms with E-state index in [1.807, 2.05) is 42.5 Å². The van der Waals surface area contributed by atoms with Gasteiger partial charge in [0.2, 0.25) is 0 Å². The van der Waals surface area contributed by atoms with Gasteiger partial charge in [0.1, 0.15) is 21.9 Å². The van der Waals surface area contributed by atoms with E-state index in [4.69, 9.17) is 9.47 Å². The predicted octanol–water partition coefficient (Wildman–Crippen LogP) is 5.07. The summed E-state index contributed by atoms with van der Waals surface area (Å²) in [6, 6.07) is 22.2. The van der Waals surface area contributed by atoms with Crippen molar-refractivity contribution >= 4 is 21.7 Å². The fourth-order valence-corrected chi connectivity index (χ4v) is 3.03. The van der Waals surface area contributed by atoms with Crippen LogP contribution in [0.15, 0.2) is 71.3 Å². The van der Waals surface area contributed by atoms with E-state index >= 15 is 0 Å². The summed E-state index contributed by atoms with van der Waals surface area (Å²) in [4.78, 5) is 6.87. The normalized spacial score (nSPS) is 10.4. The predicted molar refractivity (Wildman–Crippen MR) is 108 cm³/mol. The lowest BCUT2D eigenvalue weighted by atomic mass is 10.1. The zero-order valence-electron chi connectivity index (χ0n) is 14.9. The van der Waals surface area contributed by atoms with Crippen molar-refractivity contribution in [3.8, 4) is 11.5 Å². The number of hydrogen-bond donors (Lipinski definition) is 0. The molecule has 0 bridgehead atoms. The second-order valence-corrected chi connectivity index (χ2v) is 6.68. The molecular formula is C21H21BrN2O2. The Labute approximate surface area is 162 Å². The molecule has 2 aromatic carbocycles. The molecule has 3 aromatic rings. The average Bonchev–Trinajstić information content (AvgIpc) is 2.68. The molecule has 0 aliphatic carbocycles. The minimum absolute atomic E-state index is 0.749. The average molecular weight is 413 g/mol. The van der Waals surface area contributed by atoms with Crippen LogP contribution >= 0.6 is 15.9 Å². The van der Waals surface area contributed by atoms with Crippen LogP contribution in [0.4, 0.5) is 5.82 Å². The largest absolute Gasteiger partial charge is 0.497 e. The van der Waals surface area contributed by atoms with E-state index in [1.165, 1.54) is 11.1 Å². The second kappa shape index (κ2) is 8.72. The molecule has 0 atom stereocenters. The van der Waals surface area contributed by atoms with Crippen molar-refractivity contribution in [2.75, 3.05) is 19.1 Å². The van der Waals surface area contributed by atoms with Gasteiger partial charge in [-0.2, -0.15) is 0 Å². The number of benzene rings is 2. The highest BCUT2D eigenvalue weighted by molar-refractivity contribution is 9.10. The second-order valence-electron chi connectivity index (χ2n) is 5.87. The number of aromatic nitrogens is 1. The standard InChI is InChI=1S/C21H21BrN2O2/c1-25-18-10-6-16(7-11-18)14-24(21-5-3-4-20(22)23-21)15-17-8-12-19(26-2)13-9-17/h3-13H,14-15H2,1-2H3. The van der Waals surface area contributed by atoms with Crippen molar-refractivity contribution in [2.24, 2.45) is 0 Å². The minimum atomic E-state index is 0.749. The summed E-state index contributed by atoms with van der Waals surface area (Å²) in [7, 11) is 3.35. The minimum Gasteiger partial charge on any atom is -0.497 e. The van der Waals surface area contributed by atoms with E-state index < -0.39 is 0 Å². The van der Waals surface area contributed by atoms with Crippen LogP contribution in [0.3, 0.4) is 0 Å². The van der Waals surface area contributed by atoms with Crippen LogP contribution in [-0.2, 0) is 13.1 Å². The molecule has 5 heteroatoms. The maximum absolute atomic E-state index is 5.25. The van der Waals surface area contributed by atoms with E-state index in [1.54, 1.807) is 14.2 Å². The fraction of sp³-hybridized carbons (Fsp3) is 0.190. The molecule has 0 fully saturated rings. The van der Waals surface area contributed by atoms with Gasteiger partial charge in [-0.1, -0.05) is 30.3 Å². The molecule has 4 nitrogen and oxygen atoms in total. The van der Waals surface area contributed by atoms with Crippen LogP contribution in [0.25, 0.3) is 0 Å². The number of nitrogens with zero attached hydrogens (tertiary/aromatic N) is 2. The summed E-state index contributed by atoms with van der Waals surface area (Å²) < 4.78 is 11.3. The van der Waals surface area contributed by atoms with Crippen LogP contribution < -0.4 is 14.4 Å². The van der Waals surface area contributed by atoms with Crippen LogP contribution in [-0.4, -0.2) is 19.2 Å². The molecule has 0 aliphatic rings. The Balaban J connectivity index is 1.84. The molecule has 3 rings (SSSR count). The molecule has 134 valence electrons. The Morgan fingerprint density at radius 1 is 0.769 bits per heavy atom. The van der Waals surface area contributed by atoms with Gasteiger partial charge in [0, 0.05) is 13.1 Å². The first kappa shape index (κ1) is 18.3. The molecular weight excluding hydrogens is 392 g/mol. The molecule has 0 N–H and O–H groups in total. The van der Waals surface area contributed by atoms with Gasteiger partial charge in [0.25, 0.3) is 0 Å². The third kappa shape index (κ3) is 4.76. The van der Waals surface area contributed by atoms with Crippen molar-refractivity contribution in [2.45, 2.75) is 13.1 Å². The monoisotopic (exact) mass is 412 g/mol. The third-order valence-corrected chi connectivity index (χ3v) is 4.53. The first-order chi connectivity index (χ1) is 12.7. The maximum atomic E-state index is 5.25. The van der Waals surface area contributed by atoms with Crippen molar-refractivity contribution in [3.05, 3.63) is 82.5 Å². The summed E-state index contributed by atoms with van der Waals surface area (Å²) in [5.74, 6) is 2.64. The zero-order chi connectivity index (χ0) is 18.4. The van der Waals surface area contributed by atoms with Gasteiger partial charge in [-0.15, -0.1) is 0 Å². The number of halogens is 1. The summed E-state index contributed by atoms with van der Waals surface area (Å²) in [5, 5.41) is 0. The Morgan fingerprint density at radius 2 is 1.27 bits per heavy atom. The highest BCUT2D eigenvalue weighted by Gasteiger charge is 2.11. The number of anilines is 1. The summed E-state index contributed by atoms with van der Waals surface area (Å²) in [6.45, 7) is 1.50. The van der Waals surface area contributed by atoms with Crippen molar-refractivity contribution in [1.82, 2.24) is 4.98 Å². The van der Waals surface area contributed by atoms with E-state index in [0.29, 0.717) is 0 Å². The van der Waals surface area contributed by atoms with Gasteiger partial charge in [-0.3, -0.25) is 0 Å². The zero-order valence-corrected chi connectivity index (χ0v) is 16.4. The first-order valence-corrected chi connectivity index (χ1v) is 9.10. The van der Waals surface area contributed by atoms with Gasteiger partial charge in [-0.25, -0.2) is 4.98 Å². The molecule has 26 heavy (non-hydrogen) atoms. The van der Waals surface area contributed by atoms with E-state index in [2.05, 4.69) is 50.1 Å². The Bertz CT molecular complexity index is 786. The van der Waals surface area contributed by atoms with Crippen molar-refractivity contribution in [1.29, 1.82) is 0 Å². The molecule has 1 aromatic heterocycles. The Kier molecular flexibility index (Phi) is 6.12. The van der Waals surface area contributed by atoms with Crippen LogP contribution in [0.2, 0.25) is 0 Å². The molecule has 0 radical (unpaired) electrons. The van der Waals surface area contributed by atoms with E-state index in [-0.39, 0.29) is 0 Å². The van der Waals surface area contributed by atoms with Crippen LogP contribution in [0.5, 0.6) is 11.5 Å². The Morgan fingerprint density at radius 3 is 1.69 bits per heavy atom. The van der Waals surface area contributed by atoms with Crippen molar-refractivity contribution in [3.63, 3.8) is 0 Å². The van der Waals surface area contributed by atoms with Gasteiger partial charge in [0.05, 0.1) is 14.2 Å². The number of rotatable bonds is 7. The topological polar surface area (TPSA) is 34.6 Å². The fourth-order valence-electron chi connectivity index (χ4n) is 2.69. The first-order valence-electron chi connectivity index (χ1n) is 8.31. The van der Waals surface area contributed by atoms with Crippen LogP contribution in [0, 0.1) is 0 Å². The van der Waals surface area contributed by atoms with Gasteiger partial charge in [0.15, 0.2) is 0 Å².